The Morgan fingerprint density at radius 3 is 2.65 bits per heavy atom. The summed E-state index contributed by atoms with van der Waals surface area (Å²) in [7, 11) is 0. The van der Waals surface area contributed by atoms with Gasteiger partial charge in [0.05, 0.1) is 11.0 Å². The van der Waals surface area contributed by atoms with E-state index in [9.17, 15) is 0 Å². The summed E-state index contributed by atoms with van der Waals surface area (Å²) in [6.45, 7) is 4.34. The van der Waals surface area contributed by atoms with Gasteiger partial charge in [0.2, 0.25) is 0 Å². The van der Waals surface area contributed by atoms with Crippen molar-refractivity contribution in [2.45, 2.75) is 52.4 Å². The van der Waals surface area contributed by atoms with Gasteiger partial charge in [0, 0.05) is 6.20 Å². The number of unbranched alkanes of at least 4 members (excludes halogenated alkanes) is 4. The van der Waals surface area contributed by atoms with Crippen LogP contribution < -0.4 is 0 Å². The molecule has 0 amide bonds. The first-order valence-corrected chi connectivity index (χ1v) is 8.68. The second-order valence-corrected chi connectivity index (χ2v) is 6.32. The van der Waals surface area contributed by atoms with Crippen LogP contribution in [0.2, 0.25) is 0 Å². The predicted molar refractivity (Wildman–Crippen MR) is 96.5 cm³/mol. The van der Waals surface area contributed by atoms with Gasteiger partial charge in [-0.15, -0.1) is 0 Å². The molecule has 2 heterocycles. The van der Waals surface area contributed by atoms with E-state index in [1.807, 2.05) is 6.20 Å². The standard InChI is InChI=1S/C20H25N3/c1-3-4-5-6-7-8-16-10-12-18(21-14-16)20-22-17-11-9-15(2)13-19(17)23-20/h9-14H,3-8H2,1-2H3,(H,22,23). The molecular weight excluding hydrogens is 282 g/mol. The number of hydrogen-bond donors (Lipinski definition) is 1. The summed E-state index contributed by atoms with van der Waals surface area (Å²) in [6.07, 6.45) is 9.68. The number of nitrogens with zero attached hydrogens (tertiary/aromatic N) is 2. The van der Waals surface area contributed by atoms with Crippen LogP contribution >= 0.6 is 0 Å². The molecule has 3 heteroatoms. The van der Waals surface area contributed by atoms with E-state index in [1.54, 1.807) is 0 Å². The first kappa shape index (κ1) is 15.7. The molecule has 0 radical (unpaired) electrons. The molecule has 0 saturated carbocycles. The van der Waals surface area contributed by atoms with Crippen LogP contribution in [0.3, 0.4) is 0 Å². The van der Waals surface area contributed by atoms with Gasteiger partial charge in [-0.1, -0.05) is 44.7 Å². The van der Waals surface area contributed by atoms with Gasteiger partial charge in [0.25, 0.3) is 0 Å². The Hall–Kier alpha value is -2.16. The maximum Gasteiger partial charge on any atom is 0.157 e. The highest BCUT2D eigenvalue weighted by Crippen LogP contribution is 2.20. The first-order chi connectivity index (χ1) is 11.3. The second kappa shape index (κ2) is 7.40. The minimum atomic E-state index is 0.847. The molecule has 0 atom stereocenters. The van der Waals surface area contributed by atoms with Gasteiger partial charge in [-0.05, 0) is 49.1 Å². The quantitative estimate of drug-likeness (QED) is 0.590. The zero-order valence-electron chi connectivity index (χ0n) is 14.1. The number of aryl methyl sites for hydroxylation is 2. The average Bonchev–Trinajstić information content (AvgIpc) is 2.98. The number of rotatable bonds is 7. The van der Waals surface area contributed by atoms with Crippen LogP contribution in [-0.4, -0.2) is 15.0 Å². The van der Waals surface area contributed by atoms with Crippen LogP contribution in [0.15, 0.2) is 36.5 Å². The van der Waals surface area contributed by atoms with Crippen molar-refractivity contribution in [3.8, 4) is 11.5 Å². The van der Waals surface area contributed by atoms with Crippen molar-refractivity contribution in [2.24, 2.45) is 0 Å². The van der Waals surface area contributed by atoms with Gasteiger partial charge < -0.3 is 4.98 Å². The van der Waals surface area contributed by atoms with Crippen LogP contribution in [0.4, 0.5) is 0 Å². The minimum Gasteiger partial charge on any atom is -0.337 e. The SMILES string of the molecule is CCCCCCCc1ccc(-c2nc3ccc(C)cc3[nH]2)nc1. The molecule has 23 heavy (non-hydrogen) atoms. The molecule has 0 bridgehead atoms. The maximum atomic E-state index is 4.63. The highest BCUT2D eigenvalue weighted by Gasteiger charge is 2.06. The van der Waals surface area contributed by atoms with Crippen LogP contribution in [-0.2, 0) is 6.42 Å². The summed E-state index contributed by atoms with van der Waals surface area (Å²) >= 11 is 0. The first-order valence-electron chi connectivity index (χ1n) is 8.68. The van der Waals surface area contributed by atoms with Crippen molar-refractivity contribution in [2.75, 3.05) is 0 Å². The van der Waals surface area contributed by atoms with E-state index in [1.165, 1.54) is 43.2 Å². The summed E-state index contributed by atoms with van der Waals surface area (Å²) < 4.78 is 0. The highest BCUT2D eigenvalue weighted by atomic mass is 14.9. The molecule has 120 valence electrons. The molecule has 0 spiro atoms. The molecule has 0 fully saturated rings. The maximum absolute atomic E-state index is 4.63. The average molecular weight is 307 g/mol. The number of benzene rings is 1. The summed E-state index contributed by atoms with van der Waals surface area (Å²) in [4.78, 5) is 12.6. The number of nitrogens with one attached hydrogen (secondary N) is 1. The molecule has 1 aromatic carbocycles. The lowest BCUT2D eigenvalue weighted by Gasteiger charge is -2.02. The third-order valence-corrected chi connectivity index (χ3v) is 4.27. The molecule has 2 aromatic heterocycles. The van der Waals surface area contributed by atoms with E-state index >= 15 is 0 Å². The third-order valence-electron chi connectivity index (χ3n) is 4.27. The zero-order valence-corrected chi connectivity index (χ0v) is 14.1. The molecule has 0 aliphatic rings. The molecule has 0 aliphatic heterocycles. The van der Waals surface area contributed by atoms with Gasteiger partial charge >= 0.3 is 0 Å². The van der Waals surface area contributed by atoms with Crippen molar-refractivity contribution < 1.29 is 0 Å². The van der Waals surface area contributed by atoms with Crippen LogP contribution in [0.5, 0.6) is 0 Å². The van der Waals surface area contributed by atoms with Crippen LogP contribution in [0.1, 0.15) is 50.2 Å². The Morgan fingerprint density at radius 1 is 1.00 bits per heavy atom. The Morgan fingerprint density at radius 2 is 1.87 bits per heavy atom. The van der Waals surface area contributed by atoms with Gasteiger partial charge in [0.1, 0.15) is 5.69 Å². The number of fused-ring (bicyclic) bond motifs is 1. The largest absolute Gasteiger partial charge is 0.337 e. The van der Waals surface area contributed by atoms with Crippen LogP contribution in [0, 0.1) is 6.92 Å². The number of H-pyrrole nitrogens is 1. The fraction of sp³-hybridized carbons (Fsp3) is 0.400. The Bertz CT molecular complexity index is 756. The number of aromatic nitrogens is 3. The molecule has 1 N–H and O–H groups in total. The van der Waals surface area contributed by atoms with E-state index in [-0.39, 0.29) is 0 Å². The zero-order chi connectivity index (χ0) is 16.1. The predicted octanol–water partition coefficient (Wildman–Crippen LogP) is 5.45. The lowest BCUT2D eigenvalue weighted by atomic mass is 10.1. The van der Waals surface area contributed by atoms with E-state index < -0.39 is 0 Å². The highest BCUT2D eigenvalue weighted by molar-refractivity contribution is 5.79. The summed E-state index contributed by atoms with van der Waals surface area (Å²) in [6, 6.07) is 10.5. The third kappa shape index (κ3) is 3.98. The Balaban J connectivity index is 1.66. The summed E-state index contributed by atoms with van der Waals surface area (Å²) in [5.74, 6) is 0.847. The van der Waals surface area contributed by atoms with E-state index in [4.69, 9.17) is 0 Å². The van der Waals surface area contributed by atoms with Gasteiger partial charge in [-0.2, -0.15) is 0 Å². The minimum absolute atomic E-state index is 0.847. The molecule has 3 aromatic rings. The normalized spacial score (nSPS) is 11.2. The van der Waals surface area contributed by atoms with Crippen molar-refractivity contribution in [3.63, 3.8) is 0 Å². The Labute approximate surface area is 138 Å². The van der Waals surface area contributed by atoms with Crippen molar-refractivity contribution >= 4 is 11.0 Å². The fourth-order valence-corrected chi connectivity index (χ4v) is 2.89. The topological polar surface area (TPSA) is 41.6 Å². The number of aromatic amines is 1. The fourth-order valence-electron chi connectivity index (χ4n) is 2.89. The Kier molecular flexibility index (Phi) is 5.06. The molecule has 0 unspecified atom stereocenters. The number of pyridine rings is 1. The number of hydrogen-bond acceptors (Lipinski definition) is 2. The molecule has 3 nitrogen and oxygen atoms in total. The summed E-state index contributed by atoms with van der Waals surface area (Å²) in [5.41, 5.74) is 5.53. The van der Waals surface area contributed by atoms with Crippen molar-refractivity contribution in [1.29, 1.82) is 0 Å². The number of imidazole rings is 1. The monoisotopic (exact) mass is 307 g/mol. The van der Waals surface area contributed by atoms with Gasteiger partial charge in [0.15, 0.2) is 5.82 Å². The van der Waals surface area contributed by atoms with Gasteiger partial charge in [-0.25, -0.2) is 4.98 Å². The molecular formula is C20H25N3. The molecule has 0 aliphatic carbocycles. The smallest absolute Gasteiger partial charge is 0.157 e. The lowest BCUT2D eigenvalue weighted by molar-refractivity contribution is 0.632. The van der Waals surface area contributed by atoms with Crippen molar-refractivity contribution in [1.82, 2.24) is 15.0 Å². The van der Waals surface area contributed by atoms with E-state index in [0.29, 0.717) is 0 Å². The van der Waals surface area contributed by atoms with E-state index in [2.05, 4.69) is 59.1 Å². The van der Waals surface area contributed by atoms with E-state index in [0.717, 1.165) is 29.0 Å². The van der Waals surface area contributed by atoms with Crippen molar-refractivity contribution in [3.05, 3.63) is 47.7 Å². The van der Waals surface area contributed by atoms with Crippen LogP contribution in [0.25, 0.3) is 22.6 Å². The second-order valence-electron chi connectivity index (χ2n) is 6.32. The molecule has 0 saturated heterocycles. The lowest BCUT2D eigenvalue weighted by Crippen LogP contribution is -1.90. The van der Waals surface area contributed by atoms with Gasteiger partial charge in [-0.3, -0.25) is 4.98 Å². The molecule has 3 rings (SSSR count). The summed E-state index contributed by atoms with van der Waals surface area (Å²) in [5, 5.41) is 0.